The Morgan fingerprint density at radius 1 is 1.18 bits per heavy atom. The van der Waals surface area contributed by atoms with Gasteiger partial charge in [0.15, 0.2) is 0 Å². The molecular formula is C15H19ClO. The molecular weight excluding hydrogens is 232 g/mol. The van der Waals surface area contributed by atoms with Gasteiger partial charge in [-0.15, -0.1) is 0 Å². The summed E-state index contributed by atoms with van der Waals surface area (Å²) in [6.45, 7) is 6.02. The van der Waals surface area contributed by atoms with Gasteiger partial charge in [0.05, 0.1) is 5.41 Å². The number of carbonyl (C=O) groups excluding carboxylic acids is 1. The lowest BCUT2D eigenvalue weighted by Gasteiger charge is -2.44. The minimum absolute atomic E-state index is 0.247. The normalized spacial score (nSPS) is 18.6. The van der Waals surface area contributed by atoms with E-state index < -0.39 is 0 Å². The fraction of sp³-hybridized carbons (Fsp3) is 0.533. The Balaban J connectivity index is 2.38. The second-order valence-corrected chi connectivity index (χ2v) is 6.46. The van der Waals surface area contributed by atoms with Crippen LogP contribution in [0.4, 0.5) is 0 Å². The molecule has 92 valence electrons. The largest absolute Gasteiger partial charge is 0.298 e. The van der Waals surface area contributed by atoms with Crippen LogP contribution in [0.15, 0.2) is 24.3 Å². The average Bonchev–Trinajstić information content (AvgIpc) is 2.17. The van der Waals surface area contributed by atoms with Gasteiger partial charge >= 0.3 is 0 Å². The number of ketones is 1. The van der Waals surface area contributed by atoms with Crippen molar-refractivity contribution in [3.05, 3.63) is 34.9 Å². The lowest BCUT2D eigenvalue weighted by molar-refractivity contribution is -0.135. The Kier molecular flexibility index (Phi) is 3.07. The first-order chi connectivity index (χ1) is 7.86. The molecule has 0 heterocycles. The summed E-state index contributed by atoms with van der Waals surface area (Å²) in [5.74, 6) is 0.360. The average molecular weight is 251 g/mol. The number of hydrogen-bond donors (Lipinski definition) is 0. The fourth-order valence-electron chi connectivity index (χ4n) is 2.66. The summed E-state index contributed by atoms with van der Waals surface area (Å²) in [4.78, 5) is 12.6. The molecule has 2 rings (SSSR count). The van der Waals surface area contributed by atoms with E-state index in [2.05, 4.69) is 0 Å². The van der Waals surface area contributed by atoms with E-state index in [-0.39, 0.29) is 10.8 Å². The van der Waals surface area contributed by atoms with Crippen LogP contribution in [0.3, 0.4) is 0 Å². The zero-order valence-electron chi connectivity index (χ0n) is 10.7. The molecule has 1 nitrogen and oxygen atoms in total. The summed E-state index contributed by atoms with van der Waals surface area (Å²) >= 11 is 5.91. The van der Waals surface area contributed by atoms with E-state index in [0.29, 0.717) is 5.78 Å². The summed E-state index contributed by atoms with van der Waals surface area (Å²) in [6.07, 6.45) is 3.10. The van der Waals surface area contributed by atoms with Crippen LogP contribution < -0.4 is 0 Å². The Morgan fingerprint density at radius 2 is 1.71 bits per heavy atom. The molecule has 0 spiro atoms. The number of hydrogen-bond acceptors (Lipinski definition) is 1. The van der Waals surface area contributed by atoms with E-state index in [1.807, 2.05) is 45.0 Å². The Labute approximate surface area is 108 Å². The number of carbonyl (C=O) groups is 1. The summed E-state index contributed by atoms with van der Waals surface area (Å²) in [5.41, 5.74) is 0.608. The summed E-state index contributed by atoms with van der Waals surface area (Å²) in [7, 11) is 0. The van der Waals surface area contributed by atoms with Gasteiger partial charge in [-0.1, -0.05) is 50.9 Å². The third-order valence-electron chi connectivity index (χ3n) is 3.72. The van der Waals surface area contributed by atoms with Crippen molar-refractivity contribution in [2.75, 3.05) is 0 Å². The summed E-state index contributed by atoms with van der Waals surface area (Å²) in [5, 5.41) is 0.728. The molecule has 0 N–H and O–H groups in total. The van der Waals surface area contributed by atoms with Crippen LogP contribution in [0.5, 0.6) is 0 Å². The highest BCUT2D eigenvalue weighted by molar-refractivity contribution is 6.30. The lowest BCUT2D eigenvalue weighted by Crippen LogP contribution is -2.47. The smallest absolute Gasteiger partial charge is 0.148 e. The first kappa shape index (κ1) is 12.6. The van der Waals surface area contributed by atoms with Crippen molar-refractivity contribution in [1.82, 2.24) is 0 Å². The zero-order valence-corrected chi connectivity index (χ0v) is 11.5. The van der Waals surface area contributed by atoms with Gasteiger partial charge in [0.2, 0.25) is 0 Å². The molecule has 2 heteroatoms. The maximum atomic E-state index is 12.6. The van der Waals surface area contributed by atoms with Crippen LogP contribution >= 0.6 is 11.6 Å². The highest BCUT2D eigenvalue weighted by Crippen LogP contribution is 2.48. The van der Waals surface area contributed by atoms with Gasteiger partial charge < -0.3 is 0 Å². The number of halogens is 1. The van der Waals surface area contributed by atoms with E-state index in [1.165, 1.54) is 0 Å². The molecule has 0 unspecified atom stereocenters. The van der Waals surface area contributed by atoms with Gasteiger partial charge in [-0.05, 0) is 30.5 Å². The maximum Gasteiger partial charge on any atom is 0.148 e. The molecule has 1 fully saturated rings. The molecule has 1 saturated carbocycles. The van der Waals surface area contributed by atoms with Crippen LogP contribution in [-0.4, -0.2) is 5.78 Å². The predicted molar refractivity (Wildman–Crippen MR) is 71.4 cm³/mol. The van der Waals surface area contributed by atoms with Crippen LogP contribution in [0, 0.1) is 5.41 Å². The van der Waals surface area contributed by atoms with Crippen molar-refractivity contribution in [1.29, 1.82) is 0 Å². The molecule has 0 radical (unpaired) electrons. The van der Waals surface area contributed by atoms with Gasteiger partial charge in [0.25, 0.3) is 0 Å². The minimum Gasteiger partial charge on any atom is -0.298 e. The van der Waals surface area contributed by atoms with Crippen LogP contribution in [0.1, 0.15) is 45.6 Å². The quantitative estimate of drug-likeness (QED) is 0.762. The Hall–Kier alpha value is -0.820. The van der Waals surface area contributed by atoms with Crippen molar-refractivity contribution < 1.29 is 4.79 Å². The second kappa shape index (κ2) is 4.13. The Bertz CT molecular complexity index is 421. The highest BCUT2D eigenvalue weighted by Gasteiger charge is 2.48. The summed E-state index contributed by atoms with van der Waals surface area (Å²) < 4.78 is 0. The topological polar surface area (TPSA) is 17.1 Å². The molecule has 1 aliphatic carbocycles. The molecule has 17 heavy (non-hydrogen) atoms. The molecule has 0 bridgehead atoms. The van der Waals surface area contributed by atoms with E-state index in [4.69, 9.17) is 11.6 Å². The van der Waals surface area contributed by atoms with Crippen molar-refractivity contribution in [2.45, 2.75) is 45.4 Å². The third-order valence-corrected chi connectivity index (χ3v) is 3.97. The third kappa shape index (κ3) is 2.13. The first-order valence-electron chi connectivity index (χ1n) is 6.17. The van der Waals surface area contributed by atoms with Gasteiger partial charge in [-0.2, -0.15) is 0 Å². The lowest BCUT2D eigenvalue weighted by atomic mass is 9.57. The molecule has 1 aliphatic rings. The van der Waals surface area contributed by atoms with Crippen LogP contribution in [0.25, 0.3) is 0 Å². The standard InChI is InChI=1S/C15H19ClO/c1-14(2,3)13(17)15(9-4-10-15)11-5-7-12(16)8-6-11/h5-8H,4,9-10H2,1-3H3. The monoisotopic (exact) mass is 250 g/mol. The fourth-order valence-corrected chi connectivity index (χ4v) is 2.79. The number of benzene rings is 1. The second-order valence-electron chi connectivity index (χ2n) is 6.02. The van der Waals surface area contributed by atoms with E-state index in [9.17, 15) is 4.79 Å². The molecule has 1 aromatic carbocycles. The van der Waals surface area contributed by atoms with Gasteiger partial charge in [0, 0.05) is 10.4 Å². The van der Waals surface area contributed by atoms with E-state index in [0.717, 1.165) is 29.8 Å². The first-order valence-corrected chi connectivity index (χ1v) is 6.55. The predicted octanol–water partition coefficient (Wildman–Crippen LogP) is 4.38. The maximum absolute atomic E-state index is 12.6. The molecule has 0 aliphatic heterocycles. The van der Waals surface area contributed by atoms with Crippen molar-refractivity contribution >= 4 is 17.4 Å². The summed E-state index contributed by atoms with van der Waals surface area (Å²) in [6, 6.07) is 7.77. The van der Waals surface area contributed by atoms with Crippen molar-refractivity contribution in [3.63, 3.8) is 0 Å². The minimum atomic E-state index is -0.278. The molecule has 0 amide bonds. The molecule has 1 aromatic rings. The van der Waals surface area contributed by atoms with Crippen molar-refractivity contribution in [2.24, 2.45) is 5.41 Å². The SMILES string of the molecule is CC(C)(C)C(=O)C1(c2ccc(Cl)cc2)CCC1. The Morgan fingerprint density at radius 3 is 2.06 bits per heavy atom. The van der Waals surface area contributed by atoms with Gasteiger partial charge in [-0.25, -0.2) is 0 Å². The van der Waals surface area contributed by atoms with E-state index in [1.54, 1.807) is 0 Å². The van der Waals surface area contributed by atoms with Gasteiger partial charge in [-0.3, -0.25) is 4.79 Å². The zero-order chi connectivity index (χ0) is 12.7. The van der Waals surface area contributed by atoms with Gasteiger partial charge in [0.1, 0.15) is 5.78 Å². The van der Waals surface area contributed by atoms with Crippen LogP contribution in [0.2, 0.25) is 5.02 Å². The highest BCUT2D eigenvalue weighted by atomic mass is 35.5. The van der Waals surface area contributed by atoms with Crippen LogP contribution in [-0.2, 0) is 10.2 Å². The molecule has 0 saturated heterocycles. The number of rotatable bonds is 2. The number of Topliss-reactive ketones (excluding diaryl/α,β-unsaturated/α-hetero) is 1. The van der Waals surface area contributed by atoms with E-state index >= 15 is 0 Å². The van der Waals surface area contributed by atoms with Crippen molar-refractivity contribution in [3.8, 4) is 0 Å². The molecule has 0 atom stereocenters. The molecule has 0 aromatic heterocycles.